The van der Waals surface area contributed by atoms with Crippen molar-refractivity contribution >= 4 is 17.0 Å². The van der Waals surface area contributed by atoms with Crippen LogP contribution in [0.4, 0.5) is 0 Å². The fraction of sp³-hybridized carbons (Fsp3) is 0.429. The number of aryl methyl sites for hydroxylation is 1. The molecule has 0 aliphatic heterocycles. The van der Waals surface area contributed by atoms with Gasteiger partial charge in [0.1, 0.15) is 5.82 Å². The summed E-state index contributed by atoms with van der Waals surface area (Å²) in [6.45, 7) is 3.43. The van der Waals surface area contributed by atoms with E-state index in [1.165, 1.54) is 12.7 Å². The van der Waals surface area contributed by atoms with E-state index in [4.69, 9.17) is 0 Å². The SMILES string of the molecule is COC(=O)CCN(C)Cc1ccc2nc(C)[nH]c2c1. The molecule has 5 heteroatoms. The zero-order valence-electron chi connectivity index (χ0n) is 11.6. The zero-order chi connectivity index (χ0) is 13.8. The molecule has 1 aromatic carbocycles. The molecule has 2 rings (SSSR count). The molecular weight excluding hydrogens is 242 g/mol. The Kier molecular flexibility index (Phi) is 4.16. The van der Waals surface area contributed by atoms with Crippen LogP contribution in [0.2, 0.25) is 0 Å². The molecule has 0 saturated heterocycles. The van der Waals surface area contributed by atoms with Crippen molar-refractivity contribution in [3.63, 3.8) is 0 Å². The smallest absolute Gasteiger partial charge is 0.306 e. The lowest BCUT2D eigenvalue weighted by Crippen LogP contribution is -2.21. The summed E-state index contributed by atoms with van der Waals surface area (Å²) in [5.74, 6) is 0.748. The molecule has 0 fully saturated rings. The number of H-pyrrole nitrogens is 1. The Hall–Kier alpha value is -1.88. The number of esters is 1. The Bertz CT molecular complexity index is 577. The van der Waals surface area contributed by atoms with E-state index in [0.717, 1.165) is 23.4 Å². The fourth-order valence-electron chi connectivity index (χ4n) is 2.06. The molecule has 1 aromatic heterocycles. The van der Waals surface area contributed by atoms with Gasteiger partial charge in [0, 0.05) is 13.1 Å². The number of methoxy groups -OCH3 is 1. The van der Waals surface area contributed by atoms with Gasteiger partial charge in [0.25, 0.3) is 0 Å². The Morgan fingerprint density at radius 1 is 1.47 bits per heavy atom. The normalized spacial score (nSPS) is 11.2. The lowest BCUT2D eigenvalue weighted by Gasteiger charge is -2.15. The quantitative estimate of drug-likeness (QED) is 0.835. The topological polar surface area (TPSA) is 58.2 Å². The van der Waals surface area contributed by atoms with Gasteiger partial charge in [0.15, 0.2) is 0 Å². The molecule has 0 aliphatic rings. The fourth-order valence-corrected chi connectivity index (χ4v) is 2.06. The van der Waals surface area contributed by atoms with Crippen LogP contribution in [0, 0.1) is 6.92 Å². The maximum atomic E-state index is 11.1. The number of nitrogens with zero attached hydrogens (tertiary/aromatic N) is 2. The van der Waals surface area contributed by atoms with Gasteiger partial charge in [-0.1, -0.05) is 6.07 Å². The molecule has 0 unspecified atom stereocenters. The first-order chi connectivity index (χ1) is 9.08. The van der Waals surface area contributed by atoms with Gasteiger partial charge in [-0.3, -0.25) is 4.79 Å². The summed E-state index contributed by atoms with van der Waals surface area (Å²) >= 11 is 0. The minimum Gasteiger partial charge on any atom is -0.469 e. The summed E-state index contributed by atoms with van der Waals surface area (Å²) in [5.41, 5.74) is 3.23. The van der Waals surface area contributed by atoms with Gasteiger partial charge in [0.2, 0.25) is 0 Å². The molecule has 19 heavy (non-hydrogen) atoms. The molecule has 102 valence electrons. The van der Waals surface area contributed by atoms with Crippen LogP contribution < -0.4 is 0 Å². The van der Waals surface area contributed by atoms with Gasteiger partial charge in [-0.25, -0.2) is 4.98 Å². The number of ether oxygens (including phenoxy) is 1. The summed E-state index contributed by atoms with van der Waals surface area (Å²) < 4.78 is 4.63. The van der Waals surface area contributed by atoms with E-state index in [-0.39, 0.29) is 5.97 Å². The second-order valence-electron chi connectivity index (χ2n) is 4.74. The summed E-state index contributed by atoms with van der Waals surface area (Å²) in [6, 6.07) is 6.18. The summed E-state index contributed by atoms with van der Waals surface area (Å²) in [5, 5.41) is 0. The molecule has 0 atom stereocenters. The summed E-state index contributed by atoms with van der Waals surface area (Å²) in [6.07, 6.45) is 0.415. The molecule has 0 spiro atoms. The standard InChI is InChI=1S/C14H19N3O2/c1-10-15-12-5-4-11(8-13(12)16-10)9-17(2)7-6-14(18)19-3/h4-5,8H,6-7,9H2,1-3H3,(H,15,16). The summed E-state index contributed by atoms with van der Waals surface area (Å²) in [4.78, 5) is 20.8. The van der Waals surface area contributed by atoms with E-state index in [2.05, 4.69) is 31.7 Å². The number of carbonyl (C=O) groups is 1. The van der Waals surface area contributed by atoms with Crippen molar-refractivity contribution in [2.45, 2.75) is 19.9 Å². The van der Waals surface area contributed by atoms with Gasteiger partial charge in [-0.05, 0) is 31.7 Å². The van der Waals surface area contributed by atoms with Crippen molar-refractivity contribution in [2.24, 2.45) is 0 Å². The van der Waals surface area contributed by atoms with Gasteiger partial charge in [0.05, 0.1) is 24.6 Å². The third kappa shape index (κ3) is 3.54. The van der Waals surface area contributed by atoms with Crippen LogP contribution in [0.25, 0.3) is 11.0 Å². The van der Waals surface area contributed by atoms with E-state index in [1.54, 1.807) is 0 Å². The minimum atomic E-state index is -0.175. The number of hydrogen-bond donors (Lipinski definition) is 1. The highest BCUT2D eigenvalue weighted by molar-refractivity contribution is 5.75. The molecule has 1 heterocycles. The van der Waals surface area contributed by atoms with Crippen molar-refractivity contribution in [2.75, 3.05) is 20.7 Å². The van der Waals surface area contributed by atoms with Crippen LogP contribution in [0.15, 0.2) is 18.2 Å². The Labute approximate surface area is 112 Å². The van der Waals surface area contributed by atoms with Crippen LogP contribution >= 0.6 is 0 Å². The molecule has 0 aliphatic carbocycles. The van der Waals surface area contributed by atoms with Crippen LogP contribution in [0.5, 0.6) is 0 Å². The lowest BCUT2D eigenvalue weighted by atomic mass is 10.2. The first-order valence-corrected chi connectivity index (χ1v) is 6.29. The monoisotopic (exact) mass is 261 g/mol. The predicted octanol–water partition coefficient (Wildman–Crippen LogP) is 1.87. The number of fused-ring (bicyclic) bond motifs is 1. The number of aromatic nitrogens is 2. The van der Waals surface area contributed by atoms with Crippen molar-refractivity contribution in [3.05, 3.63) is 29.6 Å². The number of imidazole rings is 1. The van der Waals surface area contributed by atoms with Crippen molar-refractivity contribution in [1.29, 1.82) is 0 Å². The van der Waals surface area contributed by atoms with E-state index in [0.29, 0.717) is 13.0 Å². The number of benzene rings is 1. The number of aromatic amines is 1. The molecule has 5 nitrogen and oxygen atoms in total. The Morgan fingerprint density at radius 2 is 2.26 bits per heavy atom. The third-order valence-corrected chi connectivity index (χ3v) is 3.04. The maximum Gasteiger partial charge on any atom is 0.306 e. The van der Waals surface area contributed by atoms with Gasteiger partial charge in [-0.2, -0.15) is 0 Å². The van der Waals surface area contributed by atoms with Crippen molar-refractivity contribution < 1.29 is 9.53 Å². The Balaban J connectivity index is 1.98. The molecule has 0 bridgehead atoms. The highest BCUT2D eigenvalue weighted by atomic mass is 16.5. The minimum absolute atomic E-state index is 0.175. The number of carbonyl (C=O) groups excluding carboxylic acids is 1. The second-order valence-corrected chi connectivity index (χ2v) is 4.74. The van der Waals surface area contributed by atoms with Gasteiger partial charge in [-0.15, -0.1) is 0 Å². The Morgan fingerprint density at radius 3 is 3.00 bits per heavy atom. The van der Waals surface area contributed by atoms with E-state index < -0.39 is 0 Å². The number of nitrogens with one attached hydrogen (secondary N) is 1. The third-order valence-electron chi connectivity index (χ3n) is 3.04. The molecule has 2 aromatic rings. The van der Waals surface area contributed by atoms with Gasteiger partial charge < -0.3 is 14.6 Å². The van der Waals surface area contributed by atoms with Crippen LogP contribution in [0.3, 0.4) is 0 Å². The lowest BCUT2D eigenvalue weighted by molar-refractivity contribution is -0.140. The number of hydrogen-bond acceptors (Lipinski definition) is 4. The first-order valence-electron chi connectivity index (χ1n) is 6.29. The van der Waals surface area contributed by atoms with Crippen molar-refractivity contribution in [3.8, 4) is 0 Å². The predicted molar refractivity (Wildman–Crippen MR) is 73.8 cm³/mol. The largest absolute Gasteiger partial charge is 0.469 e. The average molecular weight is 261 g/mol. The molecule has 0 radical (unpaired) electrons. The van der Waals surface area contributed by atoms with E-state index in [1.807, 2.05) is 20.0 Å². The van der Waals surface area contributed by atoms with Crippen LogP contribution in [0.1, 0.15) is 17.8 Å². The zero-order valence-corrected chi connectivity index (χ0v) is 11.6. The van der Waals surface area contributed by atoms with Crippen molar-refractivity contribution in [1.82, 2.24) is 14.9 Å². The molecule has 0 saturated carbocycles. The molecule has 0 amide bonds. The first kappa shape index (κ1) is 13.5. The summed E-state index contributed by atoms with van der Waals surface area (Å²) in [7, 11) is 3.40. The molecule has 1 N–H and O–H groups in total. The second kappa shape index (κ2) is 5.84. The van der Waals surface area contributed by atoms with E-state index >= 15 is 0 Å². The van der Waals surface area contributed by atoms with Gasteiger partial charge >= 0.3 is 5.97 Å². The molecular formula is C14H19N3O2. The number of rotatable bonds is 5. The van der Waals surface area contributed by atoms with E-state index in [9.17, 15) is 4.79 Å². The highest BCUT2D eigenvalue weighted by Gasteiger charge is 2.06. The van der Waals surface area contributed by atoms with Crippen LogP contribution in [-0.4, -0.2) is 41.5 Å². The van der Waals surface area contributed by atoms with Crippen LogP contribution in [-0.2, 0) is 16.1 Å². The average Bonchev–Trinajstić information content (AvgIpc) is 2.75. The highest BCUT2D eigenvalue weighted by Crippen LogP contribution is 2.14. The maximum absolute atomic E-state index is 11.1.